The van der Waals surface area contributed by atoms with Crippen LogP contribution in [-0.4, -0.2) is 31.3 Å². The van der Waals surface area contributed by atoms with Gasteiger partial charge in [-0.3, -0.25) is 0 Å². The highest BCUT2D eigenvalue weighted by molar-refractivity contribution is 5.69. The van der Waals surface area contributed by atoms with Crippen molar-refractivity contribution in [1.82, 2.24) is 5.32 Å². The van der Waals surface area contributed by atoms with E-state index in [4.69, 9.17) is 0 Å². The maximum atomic E-state index is 13.4. The smallest absolute Gasteiger partial charge is 0.123 e. The Bertz CT molecular complexity index is 607. The number of anilines is 1. The number of nitrogens with zero attached hydrogens (tertiary/aromatic N) is 1. The molecule has 3 nitrogen and oxygen atoms in total. The van der Waals surface area contributed by atoms with Gasteiger partial charge < -0.3 is 15.3 Å². The van der Waals surface area contributed by atoms with Gasteiger partial charge >= 0.3 is 0 Å². The van der Waals surface area contributed by atoms with E-state index in [0.717, 1.165) is 42.9 Å². The minimum atomic E-state index is -0.284. The Morgan fingerprint density at radius 3 is 2.43 bits per heavy atom. The molecule has 21 heavy (non-hydrogen) atoms. The topological polar surface area (TPSA) is 35.5 Å². The second-order valence-corrected chi connectivity index (χ2v) is 5.24. The average Bonchev–Trinajstić information content (AvgIpc) is 2.56. The number of aliphatic hydroxyl groups is 1. The van der Waals surface area contributed by atoms with Crippen LogP contribution in [0.4, 0.5) is 10.1 Å². The predicted octanol–water partition coefficient (Wildman–Crippen LogP) is 2.39. The fourth-order valence-electron chi connectivity index (χ4n) is 2.73. The average molecular weight is 286 g/mol. The lowest BCUT2D eigenvalue weighted by Gasteiger charge is -2.29. The molecule has 2 aromatic carbocycles. The molecule has 4 heteroatoms. The van der Waals surface area contributed by atoms with E-state index in [-0.39, 0.29) is 12.4 Å². The molecule has 2 N–H and O–H groups in total. The maximum absolute atomic E-state index is 13.4. The minimum Gasteiger partial charge on any atom is -0.392 e. The van der Waals surface area contributed by atoms with Gasteiger partial charge in [-0.2, -0.15) is 0 Å². The van der Waals surface area contributed by atoms with E-state index >= 15 is 0 Å². The number of rotatable bonds is 3. The lowest BCUT2D eigenvalue weighted by atomic mass is 9.99. The summed E-state index contributed by atoms with van der Waals surface area (Å²) in [4.78, 5) is 2.33. The van der Waals surface area contributed by atoms with Crippen LogP contribution in [0.5, 0.6) is 0 Å². The van der Waals surface area contributed by atoms with Crippen LogP contribution >= 0.6 is 0 Å². The quantitative estimate of drug-likeness (QED) is 0.909. The van der Waals surface area contributed by atoms with Crippen LogP contribution in [0.2, 0.25) is 0 Å². The third-order valence-electron chi connectivity index (χ3n) is 3.90. The van der Waals surface area contributed by atoms with E-state index in [1.165, 1.54) is 17.8 Å². The largest absolute Gasteiger partial charge is 0.392 e. The van der Waals surface area contributed by atoms with Gasteiger partial charge in [0.25, 0.3) is 0 Å². The molecule has 0 unspecified atom stereocenters. The van der Waals surface area contributed by atoms with Crippen LogP contribution in [0.1, 0.15) is 5.56 Å². The van der Waals surface area contributed by atoms with Gasteiger partial charge in [-0.1, -0.05) is 18.2 Å². The van der Waals surface area contributed by atoms with Crippen molar-refractivity contribution in [3.63, 3.8) is 0 Å². The van der Waals surface area contributed by atoms with Crippen molar-refractivity contribution in [2.45, 2.75) is 6.61 Å². The molecule has 1 aliphatic heterocycles. The molecule has 0 atom stereocenters. The zero-order chi connectivity index (χ0) is 14.7. The Hall–Kier alpha value is -1.91. The number of piperazine rings is 1. The summed E-state index contributed by atoms with van der Waals surface area (Å²) in [5.41, 5.74) is 3.61. The lowest BCUT2D eigenvalue weighted by Crippen LogP contribution is -2.43. The molecule has 3 rings (SSSR count). The molecule has 0 bridgehead atoms. The van der Waals surface area contributed by atoms with E-state index in [0.29, 0.717) is 0 Å². The standard InChI is InChI=1S/C17H19FN2O/c18-15-4-1-14(12-21)17(11-15)13-2-5-16(6-3-13)20-9-7-19-8-10-20/h1-6,11,19,21H,7-10,12H2. The molecule has 1 fully saturated rings. The normalized spacial score (nSPS) is 15.2. The van der Waals surface area contributed by atoms with Gasteiger partial charge in [-0.05, 0) is 41.0 Å². The van der Waals surface area contributed by atoms with Crippen LogP contribution in [0.25, 0.3) is 11.1 Å². The van der Waals surface area contributed by atoms with Gasteiger partial charge in [-0.15, -0.1) is 0 Å². The summed E-state index contributed by atoms with van der Waals surface area (Å²) >= 11 is 0. The Kier molecular flexibility index (Phi) is 4.18. The van der Waals surface area contributed by atoms with Crippen LogP contribution in [0.3, 0.4) is 0 Å². The first kappa shape index (κ1) is 14.0. The van der Waals surface area contributed by atoms with E-state index in [2.05, 4.69) is 22.3 Å². The molecule has 1 aliphatic rings. The number of halogens is 1. The minimum absolute atomic E-state index is 0.0881. The summed E-state index contributed by atoms with van der Waals surface area (Å²) in [5, 5.41) is 12.7. The molecule has 2 aromatic rings. The van der Waals surface area contributed by atoms with Crippen LogP contribution in [0, 0.1) is 5.82 Å². The summed E-state index contributed by atoms with van der Waals surface area (Å²) in [7, 11) is 0. The van der Waals surface area contributed by atoms with E-state index in [1.54, 1.807) is 6.07 Å². The Morgan fingerprint density at radius 2 is 1.76 bits per heavy atom. The summed E-state index contributed by atoms with van der Waals surface area (Å²) in [6.45, 7) is 3.91. The van der Waals surface area contributed by atoms with Crippen molar-refractivity contribution in [3.8, 4) is 11.1 Å². The molecule has 0 saturated carbocycles. The Balaban J connectivity index is 1.88. The molecular weight excluding hydrogens is 267 g/mol. The van der Waals surface area contributed by atoms with Crippen molar-refractivity contribution in [2.75, 3.05) is 31.1 Å². The molecule has 1 saturated heterocycles. The molecule has 0 radical (unpaired) electrons. The van der Waals surface area contributed by atoms with Crippen molar-refractivity contribution in [3.05, 3.63) is 53.8 Å². The van der Waals surface area contributed by atoms with Gasteiger partial charge in [0.1, 0.15) is 5.82 Å². The number of hydrogen-bond donors (Lipinski definition) is 2. The van der Waals surface area contributed by atoms with Gasteiger partial charge in [0, 0.05) is 31.9 Å². The highest BCUT2D eigenvalue weighted by Gasteiger charge is 2.11. The fraction of sp³-hybridized carbons (Fsp3) is 0.294. The van der Waals surface area contributed by atoms with Gasteiger partial charge in [0.05, 0.1) is 6.61 Å². The molecule has 1 heterocycles. The highest BCUT2D eigenvalue weighted by Crippen LogP contribution is 2.27. The van der Waals surface area contributed by atoms with Crippen molar-refractivity contribution in [2.24, 2.45) is 0 Å². The summed E-state index contributed by atoms with van der Waals surface area (Å²) in [6, 6.07) is 12.6. The third kappa shape index (κ3) is 3.06. The molecule has 0 aromatic heterocycles. The van der Waals surface area contributed by atoms with Crippen molar-refractivity contribution < 1.29 is 9.50 Å². The first-order valence-electron chi connectivity index (χ1n) is 7.23. The first-order chi connectivity index (χ1) is 10.3. The first-order valence-corrected chi connectivity index (χ1v) is 7.23. The molecular formula is C17H19FN2O. The monoisotopic (exact) mass is 286 g/mol. The Labute approximate surface area is 124 Å². The van der Waals surface area contributed by atoms with Crippen LogP contribution < -0.4 is 10.2 Å². The van der Waals surface area contributed by atoms with E-state index in [1.807, 2.05) is 12.1 Å². The Morgan fingerprint density at radius 1 is 1.05 bits per heavy atom. The summed E-state index contributed by atoms with van der Waals surface area (Å²) < 4.78 is 13.4. The van der Waals surface area contributed by atoms with Crippen molar-refractivity contribution >= 4 is 5.69 Å². The van der Waals surface area contributed by atoms with Gasteiger partial charge in [0.15, 0.2) is 0 Å². The van der Waals surface area contributed by atoms with Gasteiger partial charge in [-0.25, -0.2) is 4.39 Å². The molecule has 0 aliphatic carbocycles. The second-order valence-electron chi connectivity index (χ2n) is 5.24. The number of benzene rings is 2. The van der Waals surface area contributed by atoms with Gasteiger partial charge in [0.2, 0.25) is 0 Å². The third-order valence-corrected chi connectivity index (χ3v) is 3.90. The van der Waals surface area contributed by atoms with Crippen LogP contribution in [0.15, 0.2) is 42.5 Å². The zero-order valence-electron chi connectivity index (χ0n) is 11.8. The number of hydrogen-bond acceptors (Lipinski definition) is 3. The molecule has 110 valence electrons. The molecule has 0 spiro atoms. The lowest BCUT2D eigenvalue weighted by molar-refractivity contribution is 0.282. The predicted molar refractivity (Wildman–Crippen MR) is 82.8 cm³/mol. The SMILES string of the molecule is OCc1ccc(F)cc1-c1ccc(N2CCNCC2)cc1. The summed E-state index contributed by atoms with van der Waals surface area (Å²) in [5.74, 6) is -0.284. The fourth-order valence-corrected chi connectivity index (χ4v) is 2.73. The maximum Gasteiger partial charge on any atom is 0.123 e. The van der Waals surface area contributed by atoms with E-state index in [9.17, 15) is 9.50 Å². The number of nitrogens with one attached hydrogen (secondary N) is 1. The van der Waals surface area contributed by atoms with Crippen molar-refractivity contribution in [1.29, 1.82) is 0 Å². The second kappa shape index (κ2) is 6.24. The van der Waals surface area contributed by atoms with E-state index < -0.39 is 0 Å². The van der Waals surface area contributed by atoms with Crippen LogP contribution in [-0.2, 0) is 6.61 Å². The summed E-state index contributed by atoms with van der Waals surface area (Å²) in [6.07, 6.45) is 0. The highest BCUT2D eigenvalue weighted by atomic mass is 19.1. The zero-order valence-corrected chi connectivity index (χ0v) is 11.8. The molecule has 0 amide bonds. The number of aliphatic hydroxyl groups excluding tert-OH is 1.